The summed E-state index contributed by atoms with van der Waals surface area (Å²) in [6.07, 6.45) is 1.80. The number of nitrogens with zero attached hydrogens (tertiary/aromatic N) is 3. The Kier molecular flexibility index (Phi) is 8.15. The van der Waals surface area contributed by atoms with Crippen molar-refractivity contribution in [3.8, 4) is 6.07 Å². The van der Waals surface area contributed by atoms with E-state index in [1.54, 1.807) is 20.8 Å². The van der Waals surface area contributed by atoms with E-state index in [4.69, 9.17) is 10.00 Å². The molecule has 1 unspecified atom stereocenters. The summed E-state index contributed by atoms with van der Waals surface area (Å²) in [5.74, 6) is -1.47. The highest BCUT2D eigenvalue weighted by Gasteiger charge is 2.47. The molecule has 184 valence electrons. The number of nitrogens with one attached hydrogen (secondary N) is 1. The number of fused-ring (bicyclic) bond motifs is 1. The van der Waals surface area contributed by atoms with E-state index in [1.807, 2.05) is 24.3 Å². The predicted octanol–water partition coefficient (Wildman–Crippen LogP) is 2.55. The third-order valence-electron chi connectivity index (χ3n) is 6.36. The summed E-state index contributed by atoms with van der Waals surface area (Å²) in [7, 11) is 0. The molecule has 9 nitrogen and oxygen atoms in total. The Morgan fingerprint density at radius 2 is 2.00 bits per heavy atom. The molecular weight excluding hydrogens is 436 g/mol. The average Bonchev–Trinajstić information content (AvgIpc) is 3.12. The monoisotopic (exact) mass is 470 g/mol. The maximum atomic E-state index is 13.5. The van der Waals surface area contributed by atoms with Gasteiger partial charge in [-0.2, -0.15) is 5.26 Å². The minimum absolute atomic E-state index is 0.0427. The lowest BCUT2D eigenvalue weighted by atomic mass is 10.0. The normalized spacial score (nSPS) is 24.0. The van der Waals surface area contributed by atoms with Gasteiger partial charge in [0.05, 0.1) is 18.5 Å². The van der Waals surface area contributed by atoms with E-state index in [2.05, 4.69) is 22.3 Å². The fraction of sp³-hybridized carbons (Fsp3) is 0.600. The second-order valence-electron chi connectivity index (χ2n) is 10.0. The van der Waals surface area contributed by atoms with Crippen molar-refractivity contribution >= 4 is 18.0 Å². The molecular formula is C25H34N4O5. The first-order valence-electron chi connectivity index (χ1n) is 11.8. The number of aliphatic carboxylic acids is 1. The lowest BCUT2D eigenvalue weighted by Gasteiger charge is -2.30. The number of carboxylic acid groups (broad SMARTS) is 1. The average molecular weight is 471 g/mol. The summed E-state index contributed by atoms with van der Waals surface area (Å²) in [5.41, 5.74) is 0.561. The minimum Gasteiger partial charge on any atom is -0.480 e. The maximum absolute atomic E-state index is 13.5. The first-order valence-corrected chi connectivity index (χ1v) is 11.8. The second-order valence-corrected chi connectivity index (χ2v) is 10.0. The molecule has 2 amide bonds. The molecule has 2 N–H and O–H groups in total. The lowest BCUT2D eigenvalue weighted by Crippen LogP contribution is -2.50. The molecule has 2 heterocycles. The van der Waals surface area contributed by atoms with E-state index < -0.39 is 29.7 Å². The first-order chi connectivity index (χ1) is 16.1. The highest BCUT2D eigenvalue weighted by Crippen LogP contribution is 2.31. The Bertz CT molecular complexity index is 923. The number of carbonyl (C=O) groups is 3. The summed E-state index contributed by atoms with van der Waals surface area (Å²) in [4.78, 5) is 41.1. The molecule has 2 fully saturated rings. The fourth-order valence-electron chi connectivity index (χ4n) is 4.86. The number of hydrogen-bond donors (Lipinski definition) is 2. The molecule has 2 aliphatic heterocycles. The number of carboxylic acids is 1. The number of carbonyl (C=O) groups excluding carboxylic acids is 2. The standard InChI is InChI=1S/C25H34N4O5/c1-25(2,3)34-24(33)27-18-15-21-22(30)28(20(11-13-26)23(31)32)14-12-19(29(21)16-18)10-9-17-7-5-4-6-8-17/h4-8,18-21H,9-12,14-16H2,1-3H3,(H,27,33)(H,31,32)/t18-,19?,20-,21+/m1/s1. The number of aryl methyl sites for hydroxylation is 1. The van der Waals surface area contributed by atoms with E-state index in [9.17, 15) is 19.5 Å². The zero-order valence-corrected chi connectivity index (χ0v) is 20.1. The van der Waals surface area contributed by atoms with Crippen LogP contribution in [0.25, 0.3) is 0 Å². The molecule has 34 heavy (non-hydrogen) atoms. The summed E-state index contributed by atoms with van der Waals surface area (Å²) >= 11 is 0. The molecule has 0 aliphatic carbocycles. The van der Waals surface area contributed by atoms with Crippen LogP contribution in [0.2, 0.25) is 0 Å². The quantitative estimate of drug-likeness (QED) is 0.628. The van der Waals surface area contributed by atoms with Crippen LogP contribution in [0.5, 0.6) is 0 Å². The minimum atomic E-state index is -1.18. The largest absolute Gasteiger partial charge is 0.480 e. The Morgan fingerprint density at radius 3 is 2.62 bits per heavy atom. The lowest BCUT2D eigenvalue weighted by molar-refractivity contribution is -0.151. The molecule has 0 bridgehead atoms. The summed E-state index contributed by atoms with van der Waals surface area (Å²) < 4.78 is 5.38. The molecule has 2 saturated heterocycles. The van der Waals surface area contributed by atoms with Gasteiger partial charge in [-0.05, 0) is 52.0 Å². The van der Waals surface area contributed by atoms with Crippen LogP contribution in [-0.4, -0.2) is 75.7 Å². The fourth-order valence-corrected chi connectivity index (χ4v) is 4.86. The Morgan fingerprint density at radius 1 is 1.29 bits per heavy atom. The van der Waals surface area contributed by atoms with Gasteiger partial charge >= 0.3 is 12.1 Å². The van der Waals surface area contributed by atoms with Crippen molar-refractivity contribution in [3.05, 3.63) is 35.9 Å². The third kappa shape index (κ3) is 6.48. The first kappa shape index (κ1) is 25.5. The zero-order valence-electron chi connectivity index (χ0n) is 20.1. The van der Waals surface area contributed by atoms with Gasteiger partial charge in [0.2, 0.25) is 5.91 Å². The van der Waals surface area contributed by atoms with Crippen LogP contribution in [0.3, 0.4) is 0 Å². The van der Waals surface area contributed by atoms with Crippen molar-refractivity contribution in [1.82, 2.24) is 15.1 Å². The van der Waals surface area contributed by atoms with Crippen molar-refractivity contribution in [2.24, 2.45) is 0 Å². The number of alkyl carbamates (subject to hydrolysis) is 1. The van der Waals surface area contributed by atoms with Crippen LogP contribution in [0, 0.1) is 11.3 Å². The van der Waals surface area contributed by atoms with Gasteiger partial charge in [-0.3, -0.25) is 9.69 Å². The Labute approximate surface area is 200 Å². The van der Waals surface area contributed by atoms with Crippen molar-refractivity contribution in [1.29, 1.82) is 5.26 Å². The SMILES string of the molecule is CC(C)(C)OC(=O)N[C@@H]1C[C@H]2C(=O)N([C@H](CC#N)C(=O)O)CCC(CCc3ccccc3)N2C1. The molecule has 3 rings (SSSR count). The number of benzene rings is 1. The van der Waals surface area contributed by atoms with E-state index in [-0.39, 0.29) is 31.0 Å². The van der Waals surface area contributed by atoms with Gasteiger partial charge in [0, 0.05) is 25.2 Å². The molecule has 0 aromatic heterocycles. The molecule has 9 heteroatoms. The van der Waals surface area contributed by atoms with E-state index in [1.165, 1.54) is 10.5 Å². The van der Waals surface area contributed by atoms with Crippen LogP contribution in [-0.2, 0) is 20.7 Å². The highest BCUT2D eigenvalue weighted by molar-refractivity contribution is 5.88. The van der Waals surface area contributed by atoms with Gasteiger partial charge in [-0.15, -0.1) is 0 Å². The molecule has 2 aliphatic rings. The zero-order chi connectivity index (χ0) is 24.9. The summed E-state index contributed by atoms with van der Waals surface area (Å²) in [5, 5.41) is 21.7. The van der Waals surface area contributed by atoms with Crippen molar-refractivity contribution < 1.29 is 24.2 Å². The molecule has 0 radical (unpaired) electrons. The van der Waals surface area contributed by atoms with Gasteiger partial charge in [0.15, 0.2) is 0 Å². The van der Waals surface area contributed by atoms with Crippen molar-refractivity contribution in [2.75, 3.05) is 13.1 Å². The van der Waals surface area contributed by atoms with Crippen LogP contribution in [0.15, 0.2) is 30.3 Å². The number of hydrogen-bond acceptors (Lipinski definition) is 6. The Hall–Kier alpha value is -3.12. The number of nitriles is 1. The van der Waals surface area contributed by atoms with Crippen LogP contribution in [0.1, 0.15) is 52.0 Å². The van der Waals surface area contributed by atoms with Gasteiger partial charge < -0.3 is 20.1 Å². The van der Waals surface area contributed by atoms with Gasteiger partial charge in [-0.25, -0.2) is 9.59 Å². The van der Waals surface area contributed by atoms with Crippen LogP contribution in [0.4, 0.5) is 4.79 Å². The smallest absolute Gasteiger partial charge is 0.407 e. The highest BCUT2D eigenvalue weighted by atomic mass is 16.6. The molecule has 0 saturated carbocycles. The van der Waals surface area contributed by atoms with Crippen molar-refractivity contribution in [2.45, 2.75) is 82.6 Å². The number of ether oxygens (including phenoxy) is 1. The Balaban J connectivity index is 1.80. The molecule has 0 spiro atoms. The van der Waals surface area contributed by atoms with E-state index in [0.717, 1.165) is 12.8 Å². The maximum Gasteiger partial charge on any atom is 0.407 e. The van der Waals surface area contributed by atoms with Gasteiger partial charge in [0.25, 0.3) is 0 Å². The van der Waals surface area contributed by atoms with Crippen LogP contribution >= 0.6 is 0 Å². The summed E-state index contributed by atoms with van der Waals surface area (Å²) in [6.45, 7) is 6.14. The number of amides is 2. The van der Waals surface area contributed by atoms with Gasteiger partial charge in [0.1, 0.15) is 11.6 Å². The molecule has 4 atom stereocenters. The number of rotatable bonds is 7. The molecule has 1 aromatic carbocycles. The van der Waals surface area contributed by atoms with Gasteiger partial charge in [-0.1, -0.05) is 30.3 Å². The summed E-state index contributed by atoms with van der Waals surface area (Å²) in [6, 6.07) is 10.0. The molecule has 1 aromatic rings. The van der Waals surface area contributed by atoms with Crippen molar-refractivity contribution in [3.63, 3.8) is 0 Å². The second kappa shape index (κ2) is 10.9. The van der Waals surface area contributed by atoms with E-state index in [0.29, 0.717) is 19.4 Å². The van der Waals surface area contributed by atoms with E-state index >= 15 is 0 Å². The predicted molar refractivity (Wildman–Crippen MR) is 125 cm³/mol. The third-order valence-corrected chi connectivity index (χ3v) is 6.36. The topological polar surface area (TPSA) is 123 Å². The van der Waals surface area contributed by atoms with Crippen LogP contribution < -0.4 is 5.32 Å².